The number of carbonyl (C=O) groups excluding carboxylic acids is 1. The largest absolute Gasteiger partial charge is 0.465 e. The third-order valence-electron chi connectivity index (χ3n) is 2.07. The number of rotatable bonds is 6. The zero-order chi connectivity index (χ0) is 10.6. The average Bonchev–Trinajstić information content (AvgIpc) is 2.84. The van der Waals surface area contributed by atoms with Crippen LogP contribution in [-0.4, -0.2) is 43.0 Å². The number of esters is 1. The molecule has 5 heteroatoms. The van der Waals surface area contributed by atoms with E-state index in [1.54, 1.807) is 6.92 Å². The predicted molar refractivity (Wildman–Crippen MR) is 47.2 cm³/mol. The Labute approximate surface area is 82.0 Å². The molecule has 1 saturated carbocycles. The minimum Gasteiger partial charge on any atom is -0.465 e. The first-order valence-corrected chi connectivity index (χ1v) is 4.81. The van der Waals surface area contributed by atoms with E-state index in [1.807, 2.05) is 0 Å². The summed E-state index contributed by atoms with van der Waals surface area (Å²) in [6.07, 6.45) is -0.567. The summed E-state index contributed by atoms with van der Waals surface area (Å²) >= 11 is 0. The highest BCUT2D eigenvalue weighted by Crippen LogP contribution is 2.27. The topological polar surface area (TPSA) is 29.5 Å². The van der Waals surface area contributed by atoms with Crippen molar-refractivity contribution in [1.82, 2.24) is 4.90 Å². The van der Waals surface area contributed by atoms with Crippen molar-refractivity contribution < 1.29 is 18.3 Å². The number of alkyl halides is 2. The second kappa shape index (κ2) is 5.24. The third-order valence-corrected chi connectivity index (χ3v) is 2.07. The van der Waals surface area contributed by atoms with Gasteiger partial charge in [0.15, 0.2) is 0 Å². The predicted octanol–water partition coefficient (Wildman–Crippen LogP) is 1.28. The molecule has 0 unspecified atom stereocenters. The van der Waals surface area contributed by atoms with Crippen molar-refractivity contribution in [1.29, 1.82) is 0 Å². The van der Waals surface area contributed by atoms with Crippen LogP contribution in [0.5, 0.6) is 0 Å². The van der Waals surface area contributed by atoms with Crippen molar-refractivity contribution in [3.8, 4) is 0 Å². The number of carbonyl (C=O) groups is 1. The van der Waals surface area contributed by atoms with Gasteiger partial charge in [0.05, 0.1) is 19.7 Å². The fraction of sp³-hybridized carbons (Fsp3) is 0.889. The molecule has 0 bridgehead atoms. The molecule has 0 saturated heterocycles. The van der Waals surface area contributed by atoms with Gasteiger partial charge in [0.2, 0.25) is 0 Å². The van der Waals surface area contributed by atoms with Crippen LogP contribution in [-0.2, 0) is 9.53 Å². The molecule has 1 aliphatic carbocycles. The molecule has 3 nitrogen and oxygen atoms in total. The third kappa shape index (κ3) is 4.00. The molecule has 0 aromatic heterocycles. The summed E-state index contributed by atoms with van der Waals surface area (Å²) in [4.78, 5) is 12.6. The second-order valence-electron chi connectivity index (χ2n) is 3.36. The normalized spacial score (nSPS) is 16.4. The van der Waals surface area contributed by atoms with E-state index in [4.69, 9.17) is 4.74 Å². The molecule has 0 atom stereocenters. The summed E-state index contributed by atoms with van der Waals surface area (Å²) in [5, 5.41) is 0. The van der Waals surface area contributed by atoms with E-state index >= 15 is 0 Å². The van der Waals surface area contributed by atoms with E-state index in [0.29, 0.717) is 6.61 Å². The van der Waals surface area contributed by atoms with Crippen molar-refractivity contribution in [3.63, 3.8) is 0 Å². The lowest BCUT2D eigenvalue weighted by atomic mass is 10.4. The zero-order valence-electron chi connectivity index (χ0n) is 8.21. The first-order chi connectivity index (χ1) is 6.63. The summed E-state index contributed by atoms with van der Waals surface area (Å²) in [6, 6.07) is 0.161. The quantitative estimate of drug-likeness (QED) is 0.614. The van der Waals surface area contributed by atoms with Crippen LogP contribution in [0.4, 0.5) is 8.78 Å². The van der Waals surface area contributed by atoms with Crippen LogP contribution in [0.25, 0.3) is 0 Å². The number of nitrogens with zero attached hydrogens (tertiary/aromatic N) is 1. The van der Waals surface area contributed by atoms with Gasteiger partial charge < -0.3 is 4.74 Å². The van der Waals surface area contributed by atoms with Gasteiger partial charge in [-0.25, -0.2) is 8.78 Å². The fourth-order valence-corrected chi connectivity index (χ4v) is 1.33. The number of halogens is 2. The van der Waals surface area contributed by atoms with E-state index in [9.17, 15) is 13.6 Å². The summed E-state index contributed by atoms with van der Waals surface area (Å²) in [7, 11) is 0. The zero-order valence-corrected chi connectivity index (χ0v) is 8.21. The van der Waals surface area contributed by atoms with Gasteiger partial charge >= 0.3 is 5.97 Å². The van der Waals surface area contributed by atoms with Crippen LogP contribution < -0.4 is 0 Å². The maximum atomic E-state index is 12.1. The molecule has 1 fully saturated rings. The van der Waals surface area contributed by atoms with Crippen LogP contribution in [0.3, 0.4) is 0 Å². The molecule has 0 heterocycles. The fourth-order valence-electron chi connectivity index (χ4n) is 1.33. The number of hydrogen-bond donors (Lipinski definition) is 0. The van der Waals surface area contributed by atoms with Crippen LogP contribution in [0, 0.1) is 0 Å². The van der Waals surface area contributed by atoms with Crippen LogP contribution >= 0.6 is 0 Å². The lowest BCUT2D eigenvalue weighted by Crippen LogP contribution is -2.36. The number of hydrogen-bond acceptors (Lipinski definition) is 3. The Morgan fingerprint density at radius 2 is 2.21 bits per heavy atom. The standard InChI is InChI=1S/C9H15F2NO2/c1-2-14-9(13)6-12(5-8(10)11)7-3-4-7/h7-8H,2-6H2,1H3. The highest BCUT2D eigenvalue weighted by molar-refractivity contribution is 5.71. The minimum atomic E-state index is -2.38. The highest BCUT2D eigenvalue weighted by atomic mass is 19.3. The Morgan fingerprint density at radius 3 is 2.64 bits per heavy atom. The lowest BCUT2D eigenvalue weighted by molar-refractivity contribution is -0.145. The lowest BCUT2D eigenvalue weighted by Gasteiger charge is -2.19. The van der Waals surface area contributed by atoms with Gasteiger partial charge in [-0.2, -0.15) is 0 Å². The monoisotopic (exact) mass is 207 g/mol. The second-order valence-corrected chi connectivity index (χ2v) is 3.36. The summed E-state index contributed by atoms with van der Waals surface area (Å²) in [5.41, 5.74) is 0. The molecule has 0 aliphatic heterocycles. The summed E-state index contributed by atoms with van der Waals surface area (Å²) < 4.78 is 28.9. The smallest absolute Gasteiger partial charge is 0.320 e. The van der Waals surface area contributed by atoms with E-state index in [1.165, 1.54) is 4.90 Å². The van der Waals surface area contributed by atoms with Gasteiger partial charge in [-0.15, -0.1) is 0 Å². The molecular formula is C9H15F2NO2. The Bertz CT molecular complexity index is 195. The Balaban J connectivity index is 2.31. The summed E-state index contributed by atoms with van der Waals surface area (Å²) in [5.74, 6) is -0.417. The highest BCUT2D eigenvalue weighted by Gasteiger charge is 2.32. The van der Waals surface area contributed by atoms with Crippen LogP contribution in [0.15, 0.2) is 0 Å². The Kier molecular flexibility index (Phi) is 4.25. The van der Waals surface area contributed by atoms with Gasteiger partial charge in [0, 0.05) is 6.04 Å². The molecule has 0 spiro atoms. The van der Waals surface area contributed by atoms with Crippen LogP contribution in [0.2, 0.25) is 0 Å². The molecule has 1 aliphatic rings. The van der Waals surface area contributed by atoms with Gasteiger partial charge in [0.25, 0.3) is 6.43 Å². The Hall–Kier alpha value is -0.710. The van der Waals surface area contributed by atoms with Crippen molar-refractivity contribution in [2.24, 2.45) is 0 Å². The first kappa shape index (κ1) is 11.4. The van der Waals surface area contributed by atoms with Crippen molar-refractivity contribution in [2.75, 3.05) is 19.7 Å². The van der Waals surface area contributed by atoms with Crippen molar-refractivity contribution in [2.45, 2.75) is 32.2 Å². The van der Waals surface area contributed by atoms with Gasteiger partial charge in [0.1, 0.15) is 0 Å². The molecule has 14 heavy (non-hydrogen) atoms. The molecule has 0 amide bonds. The van der Waals surface area contributed by atoms with E-state index in [0.717, 1.165) is 12.8 Å². The van der Waals surface area contributed by atoms with E-state index in [-0.39, 0.29) is 19.1 Å². The van der Waals surface area contributed by atoms with E-state index in [2.05, 4.69) is 0 Å². The molecule has 1 rings (SSSR count). The molecule has 0 aromatic rings. The molecule has 0 aromatic carbocycles. The van der Waals surface area contributed by atoms with Crippen molar-refractivity contribution >= 4 is 5.97 Å². The minimum absolute atomic E-state index is 0.0111. The van der Waals surface area contributed by atoms with Gasteiger partial charge in [-0.1, -0.05) is 0 Å². The molecule has 0 N–H and O–H groups in total. The number of ether oxygens (including phenoxy) is 1. The Morgan fingerprint density at radius 1 is 1.57 bits per heavy atom. The maximum Gasteiger partial charge on any atom is 0.320 e. The van der Waals surface area contributed by atoms with Gasteiger partial charge in [-0.3, -0.25) is 9.69 Å². The van der Waals surface area contributed by atoms with Crippen LogP contribution in [0.1, 0.15) is 19.8 Å². The SMILES string of the molecule is CCOC(=O)CN(CC(F)F)C1CC1. The maximum absolute atomic E-state index is 12.1. The molecule has 0 radical (unpaired) electrons. The van der Waals surface area contributed by atoms with E-state index < -0.39 is 12.4 Å². The molecule has 82 valence electrons. The first-order valence-electron chi connectivity index (χ1n) is 4.81. The summed E-state index contributed by atoms with van der Waals surface area (Å²) in [6.45, 7) is 1.66. The average molecular weight is 207 g/mol. The van der Waals surface area contributed by atoms with Gasteiger partial charge in [-0.05, 0) is 19.8 Å². The molecular weight excluding hydrogens is 192 g/mol. The van der Waals surface area contributed by atoms with Crippen molar-refractivity contribution in [3.05, 3.63) is 0 Å².